The van der Waals surface area contributed by atoms with Crippen molar-refractivity contribution in [2.75, 3.05) is 45.7 Å². The molecule has 1 aliphatic rings. The molecule has 1 saturated heterocycles. The van der Waals surface area contributed by atoms with Crippen LogP contribution in [-0.4, -0.2) is 62.0 Å². The van der Waals surface area contributed by atoms with E-state index in [-0.39, 0.29) is 17.6 Å². The van der Waals surface area contributed by atoms with Crippen molar-refractivity contribution in [2.45, 2.75) is 6.54 Å². The maximum atomic E-state index is 14.9. The second-order valence-corrected chi connectivity index (χ2v) is 9.88. The highest BCUT2D eigenvalue weighted by Crippen LogP contribution is 2.25. The van der Waals surface area contributed by atoms with Crippen LogP contribution in [0, 0.1) is 5.82 Å². The van der Waals surface area contributed by atoms with Gasteiger partial charge in [0.1, 0.15) is 17.3 Å². The molecule has 0 bridgehead atoms. The Labute approximate surface area is 239 Å². The molecule has 0 aliphatic carbocycles. The van der Waals surface area contributed by atoms with Gasteiger partial charge in [-0.15, -0.1) is 0 Å². The molecule has 4 aromatic rings. The van der Waals surface area contributed by atoms with Crippen molar-refractivity contribution < 1.29 is 23.5 Å². The minimum atomic E-state index is -0.343. The Morgan fingerprint density at radius 1 is 0.756 bits per heavy atom. The number of hydrogen-bond donors (Lipinski definition) is 1. The van der Waals surface area contributed by atoms with Crippen LogP contribution in [0.1, 0.15) is 26.3 Å². The molecule has 1 heterocycles. The van der Waals surface area contributed by atoms with Crippen LogP contribution in [0.2, 0.25) is 0 Å². The summed E-state index contributed by atoms with van der Waals surface area (Å²) in [5, 5.41) is 2.85. The zero-order chi connectivity index (χ0) is 28.8. The highest BCUT2D eigenvalue weighted by Gasteiger charge is 2.23. The molecule has 0 unspecified atom stereocenters. The largest absolute Gasteiger partial charge is 0.497 e. The van der Waals surface area contributed by atoms with E-state index in [1.165, 1.54) is 14.2 Å². The maximum absolute atomic E-state index is 14.9. The van der Waals surface area contributed by atoms with Gasteiger partial charge in [-0.05, 0) is 47.5 Å². The number of nitrogens with zero attached hydrogens (tertiary/aromatic N) is 2. The van der Waals surface area contributed by atoms with Crippen molar-refractivity contribution in [3.63, 3.8) is 0 Å². The third-order valence-electron chi connectivity index (χ3n) is 7.19. The predicted octanol–water partition coefficient (Wildman–Crippen LogP) is 5.72. The van der Waals surface area contributed by atoms with E-state index in [9.17, 15) is 14.0 Å². The summed E-state index contributed by atoms with van der Waals surface area (Å²) in [5.41, 5.74) is 3.85. The lowest BCUT2D eigenvalue weighted by Gasteiger charge is -2.35. The Morgan fingerprint density at radius 3 is 2.12 bits per heavy atom. The van der Waals surface area contributed by atoms with E-state index in [4.69, 9.17) is 9.47 Å². The zero-order valence-electron chi connectivity index (χ0n) is 23.1. The lowest BCUT2D eigenvalue weighted by atomic mass is 10.0. The fraction of sp³-hybridized carbons (Fsp3) is 0.212. The number of hydrogen-bond acceptors (Lipinski definition) is 5. The number of carbonyl (C=O) groups is 2. The van der Waals surface area contributed by atoms with Gasteiger partial charge in [-0.3, -0.25) is 14.5 Å². The number of halogens is 1. The molecule has 0 saturated carbocycles. The lowest BCUT2D eigenvalue weighted by Crippen LogP contribution is -2.48. The van der Waals surface area contributed by atoms with Gasteiger partial charge in [0.25, 0.3) is 11.8 Å². The Bertz CT molecular complexity index is 1510. The number of ether oxygens (including phenoxy) is 2. The molecule has 0 atom stereocenters. The monoisotopic (exact) mass is 553 g/mol. The Balaban J connectivity index is 1.18. The second kappa shape index (κ2) is 12.7. The fourth-order valence-corrected chi connectivity index (χ4v) is 4.89. The molecule has 5 rings (SSSR count). The van der Waals surface area contributed by atoms with Crippen molar-refractivity contribution >= 4 is 17.5 Å². The summed E-state index contributed by atoms with van der Waals surface area (Å²) in [4.78, 5) is 30.1. The van der Waals surface area contributed by atoms with Crippen LogP contribution in [0.15, 0.2) is 91.0 Å². The van der Waals surface area contributed by atoms with E-state index >= 15 is 0 Å². The first-order valence-corrected chi connectivity index (χ1v) is 13.4. The molecule has 0 radical (unpaired) electrons. The number of benzene rings is 4. The number of amides is 2. The molecule has 7 nitrogen and oxygen atoms in total. The lowest BCUT2D eigenvalue weighted by molar-refractivity contribution is 0.0627. The Morgan fingerprint density at radius 2 is 1.46 bits per heavy atom. The van der Waals surface area contributed by atoms with Gasteiger partial charge in [-0.25, -0.2) is 4.39 Å². The summed E-state index contributed by atoms with van der Waals surface area (Å²) in [5.74, 6) is 0.330. The van der Waals surface area contributed by atoms with E-state index in [0.29, 0.717) is 66.6 Å². The Kier molecular flexibility index (Phi) is 8.60. The molecule has 4 aromatic carbocycles. The standard InChI is InChI=1S/C33H32FN3O4/c1-40-29-18-27(19-30(21-29)41-2)32(38)35-28-10-6-9-25(17-28)33(39)37-15-13-36(14-16-37)22-26-12-11-24(20-31(26)34)23-7-4-3-5-8-23/h3-12,17-21H,13-16,22H2,1-2H3,(H,35,38). The van der Waals surface area contributed by atoms with Crippen molar-refractivity contribution in [2.24, 2.45) is 0 Å². The van der Waals surface area contributed by atoms with Crippen molar-refractivity contribution in [3.8, 4) is 22.6 Å². The van der Waals surface area contributed by atoms with Crippen LogP contribution in [-0.2, 0) is 6.54 Å². The van der Waals surface area contributed by atoms with Crippen molar-refractivity contribution in [1.82, 2.24) is 9.80 Å². The average molecular weight is 554 g/mol. The van der Waals surface area contributed by atoms with E-state index in [2.05, 4.69) is 10.2 Å². The van der Waals surface area contributed by atoms with Gasteiger partial charge in [0.15, 0.2) is 0 Å². The van der Waals surface area contributed by atoms with E-state index in [1.807, 2.05) is 42.5 Å². The van der Waals surface area contributed by atoms with E-state index in [0.717, 1.165) is 11.1 Å². The minimum absolute atomic E-state index is 0.109. The molecule has 8 heteroatoms. The number of nitrogens with one attached hydrogen (secondary N) is 1. The van der Waals surface area contributed by atoms with E-state index < -0.39 is 0 Å². The molecular weight excluding hydrogens is 521 g/mol. The first-order chi connectivity index (χ1) is 19.9. The van der Waals surface area contributed by atoms with E-state index in [1.54, 1.807) is 53.4 Å². The normalized spacial score (nSPS) is 13.5. The van der Waals surface area contributed by atoms with Crippen LogP contribution < -0.4 is 14.8 Å². The van der Waals surface area contributed by atoms with Gasteiger partial charge in [-0.2, -0.15) is 0 Å². The summed E-state index contributed by atoms with van der Waals surface area (Å²) < 4.78 is 25.4. The molecule has 210 valence electrons. The molecule has 1 aliphatic heterocycles. The maximum Gasteiger partial charge on any atom is 0.255 e. The molecule has 1 N–H and O–H groups in total. The predicted molar refractivity (Wildman–Crippen MR) is 157 cm³/mol. The smallest absolute Gasteiger partial charge is 0.255 e. The molecule has 0 aromatic heterocycles. The zero-order valence-corrected chi connectivity index (χ0v) is 23.1. The third-order valence-corrected chi connectivity index (χ3v) is 7.19. The van der Waals surface area contributed by atoms with Gasteiger partial charge in [0, 0.05) is 61.2 Å². The van der Waals surface area contributed by atoms with Gasteiger partial charge < -0.3 is 19.7 Å². The van der Waals surface area contributed by atoms with Crippen LogP contribution in [0.3, 0.4) is 0 Å². The second-order valence-electron chi connectivity index (χ2n) is 9.88. The SMILES string of the molecule is COc1cc(OC)cc(C(=O)Nc2cccc(C(=O)N3CCN(Cc4ccc(-c5ccccc5)cc4F)CC3)c2)c1. The summed E-state index contributed by atoms with van der Waals surface area (Å²) in [6, 6.07) is 26.9. The Hall–Kier alpha value is -4.69. The third kappa shape index (κ3) is 6.73. The number of rotatable bonds is 8. The van der Waals surface area contributed by atoms with Crippen molar-refractivity contribution in [1.29, 1.82) is 0 Å². The molecule has 41 heavy (non-hydrogen) atoms. The quantitative estimate of drug-likeness (QED) is 0.302. The van der Waals surface area contributed by atoms with Gasteiger partial charge in [-0.1, -0.05) is 48.5 Å². The van der Waals surface area contributed by atoms with Crippen molar-refractivity contribution in [3.05, 3.63) is 114 Å². The van der Waals surface area contributed by atoms with Crippen LogP contribution in [0.25, 0.3) is 11.1 Å². The number of piperazine rings is 1. The molecule has 1 fully saturated rings. The molecular formula is C33H32FN3O4. The molecule has 0 spiro atoms. The van der Waals surface area contributed by atoms with Gasteiger partial charge in [0.2, 0.25) is 0 Å². The molecule has 2 amide bonds. The van der Waals surface area contributed by atoms with Gasteiger partial charge in [0.05, 0.1) is 14.2 Å². The summed E-state index contributed by atoms with van der Waals surface area (Å²) >= 11 is 0. The summed E-state index contributed by atoms with van der Waals surface area (Å²) in [6.07, 6.45) is 0. The van der Waals surface area contributed by atoms with Crippen LogP contribution in [0.5, 0.6) is 11.5 Å². The number of carbonyl (C=O) groups excluding carboxylic acids is 2. The van der Waals surface area contributed by atoms with Crippen LogP contribution in [0.4, 0.5) is 10.1 Å². The van der Waals surface area contributed by atoms with Gasteiger partial charge >= 0.3 is 0 Å². The fourth-order valence-electron chi connectivity index (χ4n) is 4.89. The summed E-state index contributed by atoms with van der Waals surface area (Å²) in [6.45, 7) is 2.82. The minimum Gasteiger partial charge on any atom is -0.497 e. The highest BCUT2D eigenvalue weighted by atomic mass is 19.1. The topological polar surface area (TPSA) is 71.1 Å². The van der Waals surface area contributed by atoms with Crippen LogP contribution >= 0.6 is 0 Å². The first-order valence-electron chi connectivity index (χ1n) is 13.4. The number of anilines is 1. The first kappa shape index (κ1) is 27.9. The average Bonchev–Trinajstić information content (AvgIpc) is 3.02. The summed E-state index contributed by atoms with van der Waals surface area (Å²) in [7, 11) is 3.04. The number of methoxy groups -OCH3 is 2. The highest BCUT2D eigenvalue weighted by molar-refractivity contribution is 6.05.